The maximum absolute atomic E-state index is 12.9. The number of aromatic nitrogens is 2. The van der Waals surface area contributed by atoms with Crippen LogP contribution in [0.4, 0.5) is 0 Å². The molecule has 146 valence electrons. The Balaban J connectivity index is 0.000000604. The van der Waals surface area contributed by atoms with E-state index in [9.17, 15) is 4.79 Å². The predicted molar refractivity (Wildman–Crippen MR) is 104 cm³/mol. The molecule has 3 aliphatic heterocycles. The van der Waals surface area contributed by atoms with Crippen LogP contribution in [-0.4, -0.2) is 52.1 Å². The molecule has 7 nitrogen and oxygen atoms in total. The molecule has 1 atom stereocenters. The number of carbonyl (C=O) groups is 2. The molecule has 0 radical (unpaired) electrons. The number of H-pyrrole nitrogens is 1. The average molecular weight is 381 g/mol. The first-order chi connectivity index (χ1) is 13.7. The fraction of sp³-hybridized carbons (Fsp3) is 0.381. The van der Waals surface area contributed by atoms with E-state index in [0.29, 0.717) is 24.0 Å². The molecular weight excluding hydrogens is 358 g/mol. The molecule has 0 saturated carbocycles. The number of rotatable bonds is 4. The lowest BCUT2D eigenvalue weighted by Gasteiger charge is -2.44. The van der Waals surface area contributed by atoms with E-state index < -0.39 is 0 Å². The number of fused-ring (bicyclic) bond motifs is 4. The van der Waals surface area contributed by atoms with Gasteiger partial charge >= 0.3 is 0 Å². The number of carboxylic acid groups (broad SMARTS) is 1. The minimum atomic E-state index is -0.250. The molecule has 2 N–H and O–H groups in total. The van der Waals surface area contributed by atoms with Crippen molar-refractivity contribution in [2.45, 2.75) is 19.3 Å². The highest BCUT2D eigenvalue weighted by Crippen LogP contribution is 2.35. The van der Waals surface area contributed by atoms with E-state index in [1.54, 1.807) is 12.5 Å². The third kappa shape index (κ3) is 3.57. The van der Waals surface area contributed by atoms with Gasteiger partial charge in [-0.1, -0.05) is 6.07 Å². The van der Waals surface area contributed by atoms with Gasteiger partial charge in [-0.3, -0.25) is 14.7 Å². The number of furan rings is 1. The van der Waals surface area contributed by atoms with Crippen LogP contribution in [0.5, 0.6) is 0 Å². The van der Waals surface area contributed by atoms with Gasteiger partial charge < -0.3 is 14.4 Å². The highest BCUT2D eigenvalue weighted by Gasteiger charge is 2.35. The summed E-state index contributed by atoms with van der Waals surface area (Å²) in [5.41, 5.74) is 3.54. The SMILES string of the molecule is O=C(C[C@@H]1CN2CCC1CC2)c1n[nH]c2ccc(-c3ccoc3)cc12.O=CO. The third-order valence-corrected chi connectivity index (χ3v) is 5.92. The van der Waals surface area contributed by atoms with Gasteiger partial charge in [-0.05, 0) is 61.5 Å². The van der Waals surface area contributed by atoms with Gasteiger partial charge in [-0.15, -0.1) is 0 Å². The van der Waals surface area contributed by atoms with Crippen LogP contribution < -0.4 is 0 Å². The summed E-state index contributed by atoms with van der Waals surface area (Å²) in [5.74, 6) is 1.36. The van der Waals surface area contributed by atoms with Crippen LogP contribution in [0.1, 0.15) is 29.8 Å². The van der Waals surface area contributed by atoms with E-state index in [0.717, 1.165) is 28.6 Å². The highest BCUT2D eigenvalue weighted by molar-refractivity contribution is 6.06. The Morgan fingerprint density at radius 2 is 2.07 bits per heavy atom. The van der Waals surface area contributed by atoms with Crippen molar-refractivity contribution >= 4 is 23.2 Å². The fourth-order valence-corrected chi connectivity index (χ4v) is 4.49. The van der Waals surface area contributed by atoms with Crippen LogP contribution >= 0.6 is 0 Å². The Kier molecular flexibility index (Phi) is 5.25. The Morgan fingerprint density at radius 1 is 1.29 bits per heavy atom. The van der Waals surface area contributed by atoms with Crippen molar-refractivity contribution in [1.29, 1.82) is 0 Å². The molecule has 0 aliphatic carbocycles. The standard InChI is InChI=1S/C20H21N3O2.CH2O2/c24-19(10-16-11-23-6-3-13(16)4-7-23)20-17-9-14(15-5-8-25-12-15)1-2-18(17)21-22-20;2-1-3/h1-2,5,8-9,12-13,16H,3-4,6-7,10-11H2,(H,21,22);1H,(H,2,3)/t16-;/m1./s1. The summed E-state index contributed by atoms with van der Waals surface area (Å²) in [5, 5.41) is 15.1. The van der Waals surface area contributed by atoms with E-state index in [1.807, 2.05) is 24.3 Å². The van der Waals surface area contributed by atoms with Crippen molar-refractivity contribution in [3.05, 3.63) is 42.5 Å². The van der Waals surface area contributed by atoms with Crippen molar-refractivity contribution in [2.75, 3.05) is 19.6 Å². The summed E-state index contributed by atoms with van der Waals surface area (Å²) in [6.07, 6.45) is 6.47. The highest BCUT2D eigenvalue weighted by atomic mass is 16.3. The summed E-state index contributed by atoms with van der Waals surface area (Å²) in [6, 6.07) is 7.96. The van der Waals surface area contributed by atoms with E-state index in [4.69, 9.17) is 14.3 Å². The zero-order valence-corrected chi connectivity index (χ0v) is 15.5. The molecule has 28 heavy (non-hydrogen) atoms. The molecule has 2 bridgehead atoms. The molecular formula is C21H23N3O4. The van der Waals surface area contributed by atoms with Gasteiger partial charge in [0.15, 0.2) is 5.78 Å². The number of nitrogens with zero attached hydrogens (tertiary/aromatic N) is 2. The molecule has 5 heterocycles. The first kappa shape index (κ1) is 18.4. The first-order valence-electron chi connectivity index (χ1n) is 9.53. The molecule has 6 rings (SSSR count). The number of aromatic amines is 1. The van der Waals surface area contributed by atoms with E-state index in [1.165, 1.54) is 25.9 Å². The average Bonchev–Trinajstić information content (AvgIpc) is 3.39. The number of nitrogens with one attached hydrogen (secondary N) is 1. The van der Waals surface area contributed by atoms with Crippen molar-refractivity contribution in [3.8, 4) is 11.1 Å². The smallest absolute Gasteiger partial charge is 0.290 e. The maximum atomic E-state index is 12.9. The number of Topliss-reactive ketones (excluding diaryl/α,β-unsaturated/α-hetero) is 1. The van der Waals surface area contributed by atoms with Crippen LogP contribution in [0, 0.1) is 11.8 Å². The molecule has 0 amide bonds. The minimum absolute atomic E-state index is 0.161. The van der Waals surface area contributed by atoms with Crippen molar-refractivity contribution < 1.29 is 19.1 Å². The second-order valence-corrected chi connectivity index (χ2v) is 7.48. The van der Waals surface area contributed by atoms with Crippen LogP contribution in [-0.2, 0) is 4.79 Å². The molecule has 0 unspecified atom stereocenters. The Bertz CT molecular complexity index is 955. The second kappa shape index (κ2) is 7.98. The van der Waals surface area contributed by atoms with Gasteiger partial charge in [0.1, 0.15) is 5.69 Å². The molecule has 2 aromatic heterocycles. The van der Waals surface area contributed by atoms with Gasteiger partial charge in [-0.25, -0.2) is 0 Å². The number of piperidine rings is 3. The lowest BCUT2D eigenvalue weighted by molar-refractivity contribution is -0.122. The zero-order chi connectivity index (χ0) is 19.5. The molecule has 3 fully saturated rings. The van der Waals surface area contributed by atoms with Gasteiger partial charge in [0.05, 0.1) is 18.0 Å². The number of hydrogen-bond acceptors (Lipinski definition) is 5. The summed E-state index contributed by atoms with van der Waals surface area (Å²) in [7, 11) is 0. The number of ketones is 1. The number of benzene rings is 1. The molecule has 3 aromatic rings. The van der Waals surface area contributed by atoms with Crippen LogP contribution in [0.15, 0.2) is 41.2 Å². The van der Waals surface area contributed by atoms with Crippen LogP contribution in [0.25, 0.3) is 22.0 Å². The quantitative estimate of drug-likeness (QED) is 0.530. The predicted octanol–water partition coefficient (Wildman–Crippen LogP) is 3.44. The lowest BCUT2D eigenvalue weighted by Crippen LogP contribution is -2.47. The second-order valence-electron chi connectivity index (χ2n) is 7.48. The molecule has 3 aliphatic rings. The number of carbonyl (C=O) groups excluding carboxylic acids is 1. The minimum Gasteiger partial charge on any atom is -0.483 e. The fourth-order valence-electron chi connectivity index (χ4n) is 4.49. The normalized spacial score (nSPS) is 23.2. The lowest BCUT2D eigenvalue weighted by atomic mass is 9.76. The molecule has 0 spiro atoms. The monoisotopic (exact) mass is 381 g/mol. The zero-order valence-electron chi connectivity index (χ0n) is 15.5. The Hall–Kier alpha value is -2.93. The van der Waals surface area contributed by atoms with Crippen molar-refractivity contribution in [1.82, 2.24) is 15.1 Å². The molecule has 1 aromatic carbocycles. The van der Waals surface area contributed by atoms with E-state index >= 15 is 0 Å². The van der Waals surface area contributed by atoms with Gasteiger partial charge in [-0.2, -0.15) is 5.10 Å². The largest absolute Gasteiger partial charge is 0.483 e. The van der Waals surface area contributed by atoms with E-state index in [-0.39, 0.29) is 12.3 Å². The third-order valence-electron chi connectivity index (χ3n) is 5.92. The number of hydrogen-bond donors (Lipinski definition) is 2. The summed E-state index contributed by atoms with van der Waals surface area (Å²) in [4.78, 5) is 23.8. The van der Waals surface area contributed by atoms with Gasteiger partial charge in [0.25, 0.3) is 6.47 Å². The Morgan fingerprint density at radius 3 is 2.71 bits per heavy atom. The van der Waals surface area contributed by atoms with Crippen LogP contribution in [0.3, 0.4) is 0 Å². The van der Waals surface area contributed by atoms with Crippen LogP contribution in [0.2, 0.25) is 0 Å². The van der Waals surface area contributed by atoms with E-state index in [2.05, 4.69) is 15.1 Å². The summed E-state index contributed by atoms with van der Waals surface area (Å²) < 4.78 is 5.17. The Labute approximate surface area is 162 Å². The summed E-state index contributed by atoms with van der Waals surface area (Å²) in [6.45, 7) is 3.22. The topological polar surface area (TPSA) is 99.4 Å². The first-order valence-corrected chi connectivity index (χ1v) is 9.53. The van der Waals surface area contributed by atoms with Gasteiger partial charge in [0.2, 0.25) is 0 Å². The maximum Gasteiger partial charge on any atom is 0.290 e. The molecule has 7 heteroatoms. The molecule has 3 saturated heterocycles. The summed E-state index contributed by atoms with van der Waals surface area (Å²) >= 11 is 0. The van der Waals surface area contributed by atoms with Crippen molar-refractivity contribution in [3.63, 3.8) is 0 Å². The van der Waals surface area contributed by atoms with Gasteiger partial charge in [0, 0.05) is 23.9 Å². The van der Waals surface area contributed by atoms with Crippen molar-refractivity contribution in [2.24, 2.45) is 11.8 Å².